The minimum Gasteiger partial charge on any atom is -0.445 e. The van der Waals surface area contributed by atoms with Crippen LogP contribution in [0.15, 0.2) is 42.9 Å². The van der Waals surface area contributed by atoms with Crippen molar-refractivity contribution in [2.75, 3.05) is 5.88 Å². The van der Waals surface area contributed by atoms with E-state index >= 15 is 0 Å². The molecule has 0 saturated heterocycles. The maximum atomic E-state index is 12.8. The predicted molar refractivity (Wildman–Crippen MR) is 111 cm³/mol. The van der Waals surface area contributed by atoms with Crippen LogP contribution in [0.3, 0.4) is 0 Å². The number of aromatic amines is 1. The second-order valence-electron chi connectivity index (χ2n) is 7.05. The molecule has 2 aromatic rings. The third-order valence-electron chi connectivity index (χ3n) is 4.07. The number of amides is 3. The zero-order valence-electron chi connectivity index (χ0n) is 16.9. The van der Waals surface area contributed by atoms with Crippen molar-refractivity contribution >= 4 is 29.5 Å². The number of H-pyrrole nitrogens is 1. The number of ether oxygens (including phenoxy) is 1. The fraction of sp³-hybridized carbons (Fsp3) is 0.400. The van der Waals surface area contributed by atoms with E-state index in [9.17, 15) is 14.4 Å². The van der Waals surface area contributed by atoms with Gasteiger partial charge in [0, 0.05) is 6.20 Å². The van der Waals surface area contributed by atoms with Crippen LogP contribution in [0, 0.1) is 5.92 Å². The Balaban J connectivity index is 1.99. The summed E-state index contributed by atoms with van der Waals surface area (Å²) in [6, 6.07) is 8.32. The Morgan fingerprint density at radius 1 is 1.23 bits per heavy atom. The van der Waals surface area contributed by atoms with E-state index in [0.29, 0.717) is 12.1 Å². The average Bonchev–Trinajstić information content (AvgIpc) is 3.24. The summed E-state index contributed by atoms with van der Waals surface area (Å²) in [7, 11) is 0. The van der Waals surface area contributed by atoms with E-state index in [0.717, 1.165) is 10.6 Å². The van der Waals surface area contributed by atoms with Crippen LogP contribution in [-0.4, -0.2) is 44.8 Å². The third-order valence-corrected chi connectivity index (χ3v) is 4.30. The molecule has 1 atom stereocenters. The van der Waals surface area contributed by atoms with Gasteiger partial charge in [0.2, 0.25) is 0 Å². The van der Waals surface area contributed by atoms with E-state index in [1.54, 1.807) is 0 Å². The molecule has 1 heterocycles. The highest BCUT2D eigenvalue weighted by molar-refractivity contribution is 6.27. The second kappa shape index (κ2) is 11.8. The lowest BCUT2D eigenvalue weighted by Gasteiger charge is -2.26. The molecule has 1 aromatic heterocycles. The normalized spacial score (nSPS) is 11.6. The second-order valence-corrected chi connectivity index (χ2v) is 7.32. The van der Waals surface area contributed by atoms with Crippen LogP contribution >= 0.6 is 11.6 Å². The molecular weight excluding hydrogens is 410 g/mol. The first-order valence-electron chi connectivity index (χ1n) is 9.50. The van der Waals surface area contributed by atoms with Gasteiger partial charge in [-0.05, 0) is 17.9 Å². The van der Waals surface area contributed by atoms with Gasteiger partial charge in [-0.1, -0.05) is 44.2 Å². The number of hydrogen-bond donors (Lipinski definition) is 3. The molecule has 0 fully saturated rings. The summed E-state index contributed by atoms with van der Waals surface area (Å²) in [5, 5.41) is 3.67. The van der Waals surface area contributed by atoms with Gasteiger partial charge in [-0.2, -0.15) is 0 Å². The summed E-state index contributed by atoms with van der Waals surface area (Å²) >= 11 is 5.66. The van der Waals surface area contributed by atoms with Crippen molar-refractivity contribution in [3.8, 4) is 0 Å². The first-order chi connectivity index (χ1) is 14.4. The molecular formula is C20H26ClN5O4. The number of carbonyl (C=O) groups excluding carboxylic acids is 3. The van der Waals surface area contributed by atoms with E-state index in [1.165, 1.54) is 12.5 Å². The summed E-state index contributed by atoms with van der Waals surface area (Å²) in [4.78, 5) is 43.9. The Morgan fingerprint density at radius 2 is 1.97 bits per heavy atom. The SMILES string of the molecule is CC(C)C[C@@H](NC(=O)OCc1ccccc1)C(=O)NN(Cc1cnc[nH]1)C(=O)CCl. The number of nitrogens with one attached hydrogen (secondary N) is 3. The number of nitrogens with zero attached hydrogens (tertiary/aromatic N) is 2. The van der Waals surface area contributed by atoms with Gasteiger partial charge in [-0.3, -0.25) is 15.0 Å². The Hall–Kier alpha value is -3.07. The molecule has 10 heteroatoms. The van der Waals surface area contributed by atoms with Crippen LogP contribution in [0.4, 0.5) is 4.79 Å². The number of rotatable bonds is 9. The number of hydrazine groups is 1. The zero-order valence-corrected chi connectivity index (χ0v) is 17.7. The number of alkyl carbamates (subject to hydrolysis) is 1. The van der Waals surface area contributed by atoms with Gasteiger partial charge in [0.25, 0.3) is 11.8 Å². The van der Waals surface area contributed by atoms with Gasteiger partial charge in [-0.25, -0.2) is 14.8 Å². The molecule has 0 aliphatic carbocycles. The Morgan fingerprint density at radius 3 is 2.57 bits per heavy atom. The molecule has 0 saturated carbocycles. The van der Waals surface area contributed by atoms with Crippen molar-refractivity contribution in [3.05, 3.63) is 54.1 Å². The van der Waals surface area contributed by atoms with Crippen molar-refractivity contribution in [3.63, 3.8) is 0 Å². The highest BCUT2D eigenvalue weighted by Crippen LogP contribution is 2.08. The minimum atomic E-state index is -0.888. The van der Waals surface area contributed by atoms with E-state index < -0.39 is 23.9 Å². The van der Waals surface area contributed by atoms with Crippen LogP contribution < -0.4 is 10.7 Å². The summed E-state index contributed by atoms with van der Waals surface area (Å²) in [5.41, 5.74) is 3.98. The maximum Gasteiger partial charge on any atom is 0.408 e. The van der Waals surface area contributed by atoms with Gasteiger partial charge < -0.3 is 15.0 Å². The van der Waals surface area contributed by atoms with Crippen molar-refractivity contribution in [2.24, 2.45) is 5.92 Å². The third kappa shape index (κ3) is 7.75. The van der Waals surface area contributed by atoms with Crippen LogP contribution in [0.2, 0.25) is 0 Å². The van der Waals surface area contributed by atoms with E-state index in [4.69, 9.17) is 16.3 Å². The molecule has 2 rings (SSSR count). The average molecular weight is 436 g/mol. The molecule has 0 radical (unpaired) electrons. The molecule has 0 spiro atoms. The zero-order chi connectivity index (χ0) is 21.9. The van der Waals surface area contributed by atoms with Crippen molar-refractivity contribution in [1.82, 2.24) is 25.7 Å². The van der Waals surface area contributed by atoms with Gasteiger partial charge in [-0.15, -0.1) is 11.6 Å². The molecule has 0 aliphatic rings. The van der Waals surface area contributed by atoms with Gasteiger partial charge in [0.1, 0.15) is 18.5 Å². The van der Waals surface area contributed by atoms with E-state index in [2.05, 4.69) is 20.7 Å². The van der Waals surface area contributed by atoms with Crippen LogP contribution in [0.25, 0.3) is 0 Å². The lowest BCUT2D eigenvalue weighted by molar-refractivity contribution is -0.141. The molecule has 1 aromatic carbocycles. The number of benzene rings is 1. The van der Waals surface area contributed by atoms with Crippen molar-refractivity contribution in [1.29, 1.82) is 0 Å². The van der Waals surface area contributed by atoms with Gasteiger partial charge >= 0.3 is 6.09 Å². The topological polar surface area (TPSA) is 116 Å². The minimum absolute atomic E-state index is 0.0597. The quantitative estimate of drug-likeness (QED) is 0.413. The molecule has 3 amide bonds. The highest BCUT2D eigenvalue weighted by atomic mass is 35.5. The van der Waals surface area contributed by atoms with Crippen LogP contribution in [0.5, 0.6) is 0 Å². The molecule has 0 bridgehead atoms. The summed E-state index contributed by atoms with van der Waals surface area (Å²) in [5.74, 6) is -1.23. The van der Waals surface area contributed by atoms with Gasteiger partial charge in [0.15, 0.2) is 0 Å². The standard InChI is InChI=1S/C20H26ClN5O4/c1-14(2)8-17(24-20(29)30-12-15-6-4-3-5-7-15)19(28)25-26(18(27)9-21)11-16-10-22-13-23-16/h3-7,10,13-14,17H,8-9,11-12H2,1-2H3,(H,22,23)(H,24,29)(H,25,28)/t17-/m1/s1. The summed E-state index contributed by atoms with van der Waals surface area (Å²) in [6.07, 6.45) is 2.64. The molecule has 30 heavy (non-hydrogen) atoms. The lowest BCUT2D eigenvalue weighted by Crippen LogP contribution is -2.54. The summed E-state index contributed by atoms with van der Waals surface area (Å²) < 4.78 is 5.20. The number of halogens is 1. The van der Waals surface area contributed by atoms with E-state index in [-0.39, 0.29) is 24.9 Å². The first-order valence-corrected chi connectivity index (χ1v) is 10.0. The number of hydrogen-bond acceptors (Lipinski definition) is 5. The maximum absolute atomic E-state index is 12.8. The fourth-order valence-electron chi connectivity index (χ4n) is 2.62. The molecule has 0 aliphatic heterocycles. The lowest BCUT2D eigenvalue weighted by atomic mass is 10.0. The summed E-state index contributed by atoms with van der Waals surface area (Å²) in [6.45, 7) is 3.98. The van der Waals surface area contributed by atoms with Gasteiger partial charge in [0.05, 0.1) is 18.6 Å². The monoisotopic (exact) mass is 435 g/mol. The van der Waals surface area contributed by atoms with Crippen LogP contribution in [0.1, 0.15) is 31.5 Å². The largest absolute Gasteiger partial charge is 0.445 e. The van der Waals surface area contributed by atoms with E-state index in [1.807, 2.05) is 44.2 Å². The molecule has 162 valence electrons. The fourth-order valence-corrected chi connectivity index (χ4v) is 2.77. The Labute approximate surface area is 180 Å². The molecule has 9 nitrogen and oxygen atoms in total. The first kappa shape index (κ1) is 23.2. The smallest absolute Gasteiger partial charge is 0.408 e. The van der Waals surface area contributed by atoms with Crippen LogP contribution in [-0.2, 0) is 27.5 Å². The van der Waals surface area contributed by atoms with Crippen molar-refractivity contribution in [2.45, 2.75) is 39.5 Å². The molecule has 3 N–H and O–H groups in total. The van der Waals surface area contributed by atoms with Crippen molar-refractivity contribution < 1.29 is 19.1 Å². The number of aromatic nitrogens is 2. The Kier molecular flexibility index (Phi) is 9.14. The predicted octanol–water partition coefficient (Wildman–Crippen LogP) is 2.35. The number of alkyl halides is 1. The Bertz CT molecular complexity index is 814. The number of imidazole rings is 1. The highest BCUT2D eigenvalue weighted by Gasteiger charge is 2.26. The molecule has 0 unspecified atom stereocenters. The number of carbonyl (C=O) groups is 3.